The molecule has 1 N–H and O–H groups in total. The number of aromatic nitrogens is 1. The number of fused-ring (bicyclic) bond motifs is 2. The minimum atomic E-state index is -0.167. The molecule has 1 aromatic heterocycles. The van der Waals surface area contributed by atoms with Gasteiger partial charge in [-0.3, -0.25) is 4.79 Å². The van der Waals surface area contributed by atoms with Gasteiger partial charge in [-0.15, -0.1) is 0 Å². The first kappa shape index (κ1) is 16.8. The molecule has 1 aliphatic carbocycles. The largest absolute Gasteiger partial charge is 0.359 e. The minimum Gasteiger partial charge on any atom is -0.359 e. The normalized spacial score (nSPS) is 18.9. The van der Waals surface area contributed by atoms with E-state index in [9.17, 15) is 9.18 Å². The molecular formula is C22H23FN2O. The van der Waals surface area contributed by atoms with Crippen LogP contribution >= 0.6 is 0 Å². The summed E-state index contributed by atoms with van der Waals surface area (Å²) in [6.45, 7) is 3.76. The van der Waals surface area contributed by atoms with E-state index in [1.165, 1.54) is 11.1 Å². The predicted molar refractivity (Wildman–Crippen MR) is 103 cm³/mol. The second-order valence-electron chi connectivity index (χ2n) is 7.22. The number of carbonyl (C=O) groups excluding carboxylic acids is 1. The fourth-order valence-corrected chi connectivity index (χ4v) is 4.54. The number of H-pyrrole nitrogens is 1. The number of rotatable bonds is 3. The third kappa shape index (κ3) is 2.28. The number of para-hydroxylation sites is 1. The Bertz CT molecular complexity index is 1010. The summed E-state index contributed by atoms with van der Waals surface area (Å²) in [4.78, 5) is 16.9. The number of anilines is 1. The molecule has 1 unspecified atom stereocenters. The maximum absolute atomic E-state index is 13.7. The first-order valence-electron chi connectivity index (χ1n) is 9.11. The van der Waals surface area contributed by atoms with Gasteiger partial charge in [0.25, 0.3) is 0 Å². The number of halogens is 1. The van der Waals surface area contributed by atoms with Crippen LogP contribution in [-0.4, -0.2) is 17.9 Å². The summed E-state index contributed by atoms with van der Waals surface area (Å²) in [6, 6.07) is 11.3. The number of amides is 1. The van der Waals surface area contributed by atoms with Gasteiger partial charge in [-0.2, -0.15) is 0 Å². The summed E-state index contributed by atoms with van der Waals surface area (Å²) in [5, 5.41) is 1.13. The minimum absolute atomic E-state index is 0.000502. The van der Waals surface area contributed by atoms with Crippen molar-refractivity contribution in [2.75, 3.05) is 11.9 Å². The smallest absolute Gasteiger partial charge is 0.223 e. The van der Waals surface area contributed by atoms with Crippen molar-refractivity contribution in [1.82, 2.24) is 4.98 Å². The van der Waals surface area contributed by atoms with Crippen LogP contribution in [0.1, 0.15) is 43.4 Å². The number of carbonyl (C=O) groups is 1. The van der Waals surface area contributed by atoms with Gasteiger partial charge in [0.1, 0.15) is 5.82 Å². The molecule has 0 spiro atoms. The molecule has 134 valence electrons. The van der Waals surface area contributed by atoms with Crippen molar-refractivity contribution in [3.8, 4) is 0 Å². The average molecular weight is 350 g/mol. The average Bonchev–Trinajstić information content (AvgIpc) is 3.22. The highest BCUT2D eigenvalue weighted by Gasteiger charge is 2.40. The summed E-state index contributed by atoms with van der Waals surface area (Å²) < 4.78 is 13.7. The topological polar surface area (TPSA) is 36.1 Å². The Morgan fingerprint density at radius 1 is 1.27 bits per heavy atom. The summed E-state index contributed by atoms with van der Waals surface area (Å²) in [7, 11) is 1.79. The van der Waals surface area contributed by atoms with Gasteiger partial charge in [-0.05, 0) is 54.2 Å². The molecule has 4 heteroatoms. The standard InChI is InChI=1S/C22H23FN2O/c1-4-22(11-10-15-12-16(23)8-9-18(15)22)19-13-24-21-17(19)6-5-7-20(21)25(3)14(2)26/h5-9,12-13,24H,4,10-11H2,1-3H3. The van der Waals surface area contributed by atoms with E-state index in [1.54, 1.807) is 31.0 Å². The lowest BCUT2D eigenvalue weighted by Gasteiger charge is -2.29. The fourth-order valence-electron chi connectivity index (χ4n) is 4.54. The van der Waals surface area contributed by atoms with Crippen LogP contribution in [-0.2, 0) is 16.6 Å². The number of hydrogen-bond donors (Lipinski definition) is 1. The van der Waals surface area contributed by atoms with Crippen molar-refractivity contribution < 1.29 is 9.18 Å². The molecule has 0 saturated carbocycles. The molecule has 3 aromatic rings. The zero-order valence-corrected chi connectivity index (χ0v) is 15.4. The van der Waals surface area contributed by atoms with Crippen LogP contribution in [0.3, 0.4) is 0 Å². The van der Waals surface area contributed by atoms with Crippen LogP contribution in [0.4, 0.5) is 10.1 Å². The Morgan fingerprint density at radius 3 is 2.81 bits per heavy atom. The number of nitrogens with one attached hydrogen (secondary N) is 1. The van der Waals surface area contributed by atoms with Crippen molar-refractivity contribution in [2.24, 2.45) is 0 Å². The molecule has 0 fully saturated rings. The number of aryl methyl sites for hydroxylation is 1. The van der Waals surface area contributed by atoms with E-state index in [-0.39, 0.29) is 17.1 Å². The maximum Gasteiger partial charge on any atom is 0.223 e. The van der Waals surface area contributed by atoms with Gasteiger partial charge in [0, 0.05) is 31.0 Å². The van der Waals surface area contributed by atoms with Gasteiger partial charge in [0.2, 0.25) is 5.91 Å². The van der Waals surface area contributed by atoms with E-state index < -0.39 is 0 Å². The van der Waals surface area contributed by atoms with E-state index >= 15 is 0 Å². The number of benzene rings is 2. The van der Waals surface area contributed by atoms with Gasteiger partial charge in [-0.1, -0.05) is 25.1 Å². The molecule has 0 saturated heterocycles. The highest BCUT2D eigenvalue weighted by Crippen LogP contribution is 2.49. The molecule has 4 rings (SSSR count). The van der Waals surface area contributed by atoms with Gasteiger partial charge in [0.15, 0.2) is 0 Å². The molecule has 1 amide bonds. The van der Waals surface area contributed by atoms with Gasteiger partial charge >= 0.3 is 0 Å². The molecule has 2 aromatic carbocycles. The lowest BCUT2D eigenvalue weighted by molar-refractivity contribution is -0.116. The zero-order valence-electron chi connectivity index (χ0n) is 15.4. The predicted octanol–water partition coefficient (Wildman–Crippen LogP) is 4.93. The van der Waals surface area contributed by atoms with E-state index in [2.05, 4.69) is 24.2 Å². The first-order valence-corrected chi connectivity index (χ1v) is 9.11. The van der Waals surface area contributed by atoms with Crippen LogP contribution < -0.4 is 4.90 Å². The fraction of sp³-hybridized carbons (Fsp3) is 0.318. The van der Waals surface area contributed by atoms with Gasteiger partial charge in [0.05, 0.1) is 11.2 Å². The molecular weight excluding hydrogens is 327 g/mol. The van der Waals surface area contributed by atoms with Gasteiger partial charge < -0.3 is 9.88 Å². The highest BCUT2D eigenvalue weighted by molar-refractivity contribution is 6.02. The van der Waals surface area contributed by atoms with Crippen molar-refractivity contribution >= 4 is 22.5 Å². The van der Waals surface area contributed by atoms with E-state index in [0.29, 0.717) is 0 Å². The molecule has 0 bridgehead atoms. The highest BCUT2D eigenvalue weighted by atomic mass is 19.1. The third-order valence-electron chi connectivity index (χ3n) is 6.05. The Morgan fingerprint density at radius 2 is 2.08 bits per heavy atom. The van der Waals surface area contributed by atoms with Crippen LogP contribution in [0.15, 0.2) is 42.6 Å². The van der Waals surface area contributed by atoms with Crippen molar-refractivity contribution in [1.29, 1.82) is 0 Å². The Labute approximate surface area is 152 Å². The van der Waals surface area contributed by atoms with E-state index in [1.807, 2.05) is 18.2 Å². The lowest BCUT2D eigenvalue weighted by atomic mass is 9.73. The second-order valence-corrected chi connectivity index (χ2v) is 7.22. The quantitative estimate of drug-likeness (QED) is 0.714. The van der Waals surface area contributed by atoms with Crippen LogP contribution in [0.5, 0.6) is 0 Å². The maximum atomic E-state index is 13.7. The second kappa shape index (κ2) is 5.97. The van der Waals surface area contributed by atoms with Crippen molar-refractivity contribution in [3.63, 3.8) is 0 Å². The van der Waals surface area contributed by atoms with Crippen LogP contribution in [0.25, 0.3) is 10.9 Å². The monoisotopic (exact) mass is 350 g/mol. The van der Waals surface area contributed by atoms with E-state index in [4.69, 9.17) is 0 Å². The molecule has 3 nitrogen and oxygen atoms in total. The molecule has 0 aliphatic heterocycles. The lowest BCUT2D eigenvalue weighted by Crippen LogP contribution is -2.24. The molecule has 0 radical (unpaired) electrons. The Hall–Kier alpha value is -2.62. The molecule has 26 heavy (non-hydrogen) atoms. The summed E-state index contributed by atoms with van der Waals surface area (Å²) in [6.07, 6.45) is 4.89. The molecule has 1 atom stereocenters. The number of aromatic amines is 1. The Balaban J connectivity index is 1.93. The number of nitrogens with zero attached hydrogens (tertiary/aromatic N) is 1. The van der Waals surface area contributed by atoms with Gasteiger partial charge in [-0.25, -0.2) is 4.39 Å². The van der Waals surface area contributed by atoms with E-state index in [0.717, 1.165) is 41.4 Å². The number of hydrogen-bond acceptors (Lipinski definition) is 1. The third-order valence-corrected chi connectivity index (χ3v) is 6.05. The summed E-state index contributed by atoms with van der Waals surface area (Å²) in [5.41, 5.74) is 5.31. The van der Waals surface area contributed by atoms with Crippen LogP contribution in [0, 0.1) is 5.82 Å². The first-order chi connectivity index (χ1) is 12.5. The summed E-state index contributed by atoms with van der Waals surface area (Å²) in [5.74, 6) is -0.166. The molecule has 1 aliphatic rings. The van der Waals surface area contributed by atoms with Crippen molar-refractivity contribution in [3.05, 3.63) is 65.1 Å². The Kier molecular flexibility index (Phi) is 3.87. The molecule has 1 heterocycles. The zero-order chi connectivity index (χ0) is 18.5. The van der Waals surface area contributed by atoms with Crippen LogP contribution in [0.2, 0.25) is 0 Å². The summed E-state index contributed by atoms with van der Waals surface area (Å²) >= 11 is 0. The van der Waals surface area contributed by atoms with Crippen molar-refractivity contribution in [2.45, 2.75) is 38.5 Å². The SMILES string of the molecule is CCC1(c2c[nH]c3c(N(C)C(C)=O)cccc23)CCc2cc(F)ccc21.